The van der Waals surface area contributed by atoms with Gasteiger partial charge < -0.3 is 4.74 Å². The maximum Gasteiger partial charge on any atom is 0.123 e. The number of hydrogen-bond acceptors (Lipinski definition) is 3. The molecule has 1 atom stereocenters. The molecule has 1 aromatic rings. The van der Waals surface area contributed by atoms with Gasteiger partial charge in [-0.25, -0.2) is 0 Å². The Balaban J connectivity index is 1.55. The van der Waals surface area contributed by atoms with Gasteiger partial charge in [-0.3, -0.25) is 4.90 Å². The molecule has 2 aliphatic rings. The molecule has 0 aromatic heterocycles. The Morgan fingerprint density at radius 2 is 2.06 bits per heavy atom. The summed E-state index contributed by atoms with van der Waals surface area (Å²) >= 11 is 2.09. The predicted octanol–water partition coefficient (Wildman–Crippen LogP) is 2.82. The van der Waals surface area contributed by atoms with Gasteiger partial charge in [0.05, 0.1) is 0 Å². The average molecular weight is 263 g/mol. The average Bonchev–Trinajstić information content (AvgIpc) is 2.82. The molecule has 0 saturated carbocycles. The second-order valence-electron chi connectivity index (χ2n) is 5.33. The fourth-order valence-electron chi connectivity index (χ4n) is 2.95. The summed E-state index contributed by atoms with van der Waals surface area (Å²) in [6.07, 6.45) is 4.09. The van der Waals surface area contributed by atoms with Crippen LogP contribution in [0, 0.1) is 0 Å². The van der Waals surface area contributed by atoms with Crippen molar-refractivity contribution >= 4 is 11.8 Å². The third-order valence-corrected chi connectivity index (χ3v) is 5.07. The molecule has 0 amide bonds. The van der Waals surface area contributed by atoms with Crippen LogP contribution in [0.25, 0.3) is 0 Å². The summed E-state index contributed by atoms with van der Waals surface area (Å²) < 4.78 is 6.02. The SMILES string of the molecule is CN(C[C@H]1Cc2ccccc2O1)C1CCSCC1. The largest absolute Gasteiger partial charge is 0.488 e. The second kappa shape index (κ2) is 5.54. The van der Waals surface area contributed by atoms with Crippen LogP contribution in [0.1, 0.15) is 18.4 Å². The first-order chi connectivity index (χ1) is 8.83. The standard InChI is InChI=1S/C15H21NOS/c1-16(13-6-8-18-9-7-13)11-14-10-12-4-2-3-5-15(12)17-14/h2-5,13-14H,6-11H2,1H3/t14-/m1/s1. The number of nitrogens with zero attached hydrogens (tertiary/aromatic N) is 1. The maximum atomic E-state index is 6.02. The van der Waals surface area contributed by atoms with Gasteiger partial charge >= 0.3 is 0 Å². The van der Waals surface area contributed by atoms with Crippen molar-refractivity contribution in [2.45, 2.75) is 31.4 Å². The maximum absolute atomic E-state index is 6.02. The zero-order chi connectivity index (χ0) is 12.4. The molecule has 0 aliphatic carbocycles. The Morgan fingerprint density at radius 1 is 1.28 bits per heavy atom. The van der Waals surface area contributed by atoms with Gasteiger partial charge in [0.1, 0.15) is 11.9 Å². The molecule has 2 nitrogen and oxygen atoms in total. The Morgan fingerprint density at radius 3 is 2.83 bits per heavy atom. The van der Waals surface area contributed by atoms with Gasteiger partial charge in [0.2, 0.25) is 0 Å². The topological polar surface area (TPSA) is 12.5 Å². The monoisotopic (exact) mass is 263 g/mol. The minimum Gasteiger partial charge on any atom is -0.488 e. The molecule has 1 saturated heterocycles. The Kier molecular flexibility index (Phi) is 3.80. The van der Waals surface area contributed by atoms with Gasteiger partial charge in [0.15, 0.2) is 0 Å². The molecular weight excluding hydrogens is 242 g/mol. The van der Waals surface area contributed by atoms with E-state index in [1.807, 2.05) is 0 Å². The minimum atomic E-state index is 0.349. The van der Waals surface area contributed by atoms with E-state index in [9.17, 15) is 0 Å². The number of fused-ring (bicyclic) bond motifs is 1. The summed E-state index contributed by atoms with van der Waals surface area (Å²) in [4.78, 5) is 2.51. The first kappa shape index (κ1) is 12.4. The van der Waals surface area contributed by atoms with Crippen molar-refractivity contribution in [3.63, 3.8) is 0 Å². The lowest BCUT2D eigenvalue weighted by atomic mass is 10.1. The number of thioether (sulfide) groups is 1. The van der Waals surface area contributed by atoms with Crippen molar-refractivity contribution in [2.24, 2.45) is 0 Å². The molecule has 1 aromatic carbocycles. The number of ether oxygens (including phenoxy) is 1. The van der Waals surface area contributed by atoms with Crippen molar-refractivity contribution in [3.05, 3.63) is 29.8 Å². The van der Waals surface area contributed by atoms with Crippen LogP contribution in [-0.2, 0) is 6.42 Å². The highest BCUT2D eigenvalue weighted by molar-refractivity contribution is 7.99. The Bertz CT molecular complexity index is 378. The zero-order valence-electron chi connectivity index (χ0n) is 11.0. The summed E-state index contributed by atoms with van der Waals surface area (Å²) in [5.41, 5.74) is 1.37. The van der Waals surface area contributed by atoms with Crippen LogP contribution < -0.4 is 4.74 Å². The molecule has 0 bridgehead atoms. The molecule has 0 radical (unpaired) electrons. The van der Waals surface area contributed by atoms with E-state index < -0.39 is 0 Å². The summed E-state index contributed by atoms with van der Waals surface area (Å²) in [6, 6.07) is 9.20. The molecule has 3 heteroatoms. The van der Waals surface area contributed by atoms with E-state index in [4.69, 9.17) is 4.74 Å². The molecule has 1 fully saturated rings. The van der Waals surface area contributed by atoms with E-state index in [1.54, 1.807) is 0 Å². The van der Waals surface area contributed by atoms with Gasteiger partial charge in [0, 0.05) is 19.0 Å². The smallest absolute Gasteiger partial charge is 0.123 e. The fraction of sp³-hybridized carbons (Fsp3) is 0.600. The van der Waals surface area contributed by atoms with Gasteiger partial charge in [0.25, 0.3) is 0 Å². The van der Waals surface area contributed by atoms with Crippen molar-refractivity contribution in [2.75, 3.05) is 25.1 Å². The zero-order valence-corrected chi connectivity index (χ0v) is 11.8. The highest BCUT2D eigenvalue weighted by atomic mass is 32.2. The summed E-state index contributed by atoms with van der Waals surface area (Å²) in [5.74, 6) is 3.73. The highest BCUT2D eigenvalue weighted by Crippen LogP contribution is 2.29. The van der Waals surface area contributed by atoms with E-state index >= 15 is 0 Å². The molecule has 0 unspecified atom stereocenters. The van der Waals surface area contributed by atoms with Crippen molar-refractivity contribution in [1.82, 2.24) is 4.90 Å². The first-order valence-electron chi connectivity index (χ1n) is 6.85. The third kappa shape index (κ3) is 2.67. The van der Waals surface area contributed by atoms with Crippen LogP contribution in [0.3, 0.4) is 0 Å². The molecule has 2 aliphatic heterocycles. The van der Waals surface area contributed by atoms with Crippen LogP contribution in [0.5, 0.6) is 5.75 Å². The van der Waals surface area contributed by atoms with Gasteiger partial charge in [-0.15, -0.1) is 0 Å². The van der Waals surface area contributed by atoms with Crippen LogP contribution in [-0.4, -0.2) is 42.1 Å². The Hall–Kier alpha value is -0.670. The van der Waals surface area contributed by atoms with E-state index in [1.165, 1.54) is 29.9 Å². The van der Waals surface area contributed by atoms with Crippen LogP contribution in [0.2, 0.25) is 0 Å². The quantitative estimate of drug-likeness (QED) is 0.832. The lowest BCUT2D eigenvalue weighted by Gasteiger charge is -2.32. The van der Waals surface area contributed by atoms with Crippen molar-refractivity contribution in [3.8, 4) is 5.75 Å². The molecule has 98 valence electrons. The number of benzene rings is 1. The van der Waals surface area contributed by atoms with E-state index in [2.05, 4.69) is 48.0 Å². The highest BCUT2D eigenvalue weighted by Gasteiger charge is 2.26. The van der Waals surface area contributed by atoms with E-state index in [-0.39, 0.29) is 0 Å². The fourth-order valence-corrected chi connectivity index (χ4v) is 4.03. The molecule has 18 heavy (non-hydrogen) atoms. The number of para-hydroxylation sites is 1. The summed E-state index contributed by atoms with van der Waals surface area (Å²) in [5, 5.41) is 0. The predicted molar refractivity (Wildman–Crippen MR) is 77.5 cm³/mol. The molecule has 0 spiro atoms. The van der Waals surface area contributed by atoms with E-state index in [0.717, 1.165) is 24.8 Å². The van der Waals surface area contributed by atoms with Gasteiger partial charge in [-0.1, -0.05) is 18.2 Å². The summed E-state index contributed by atoms with van der Waals surface area (Å²) in [7, 11) is 2.26. The van der Waals surface area contributed by atoms with Gasteiger partial charge in [-0.2, -0.15) is 11.8 Å². The van der Waals surface area contributed by atoms with Crippen molar-refractivity contribution < 1.29 is 4.74 Å². The molecular formula is C15H21NOS. The van der Waals surface area contributed by atoms with Crippen LogP contribution >= 0.6 is 11.8 Å². The normalized spacial score (nSPS) is 24.0. The third-order valence-electron chi connectivity index (χ3n) is 4.02. The van der Waals surface area contributed by atoms with Crippen LogP contribution in [0.4, 0.5) is 0 Å². The van der Waals surface area contributed by atoms with Gasteiger partial charge in [-0.05, 0) is 43.0 Å². The number of rotatable bonds is 3. The van der Waals surface area contributed by atoms with Crippen LogP contribution in [0.15, 0.2) is 24.3 Å². The number of likely N-dealkylation sites (N-methyl/N-ethyl adjacent to an activating group) is 1. The lowest BCUT2D eigenvalue weighted by Crippen LogP contribution is -2.40. The Labute approximate surface area is 114 Å². The summed E-state index contributed by atoms with van der Waals surface area (Å²) in [6.45, 7) is 1.06. The van der Waals surface area contributed by atoms with Crippen molar-refractivity contribution in [1.29, 1.82) is 0 Å². The number of hydrogen-bond donors (Lipinski definition) is 0. The lowest BCUT2D eigenvalue weighted by molar-refractivity contribution is 0.134. The molecule has 0 N–H and O–H groups in total. The molecule has 3 rings (SSSR count). The first-order valence-corrected chi connectivity index (χ1v) is 8.01. The van der Waals surface area contributed by atoms with E-state index in [0.29, 0.717) is 6.10 Å². The molecule has 2 heterocycles. The minimum absolute atomic E-state index is 0.349. The second-order valence-corrected chi connectivity index (χ2v) is 6.56.